The van der Waals surface area contributed by atoms with Crippen molar-refractivity contribution in [2.24, 2.45) is 5.92 Å². The van der Waals surface area contributed by atoms with Gasteiger partial charge in [-0.05, 0) is 67.7 Å². The Morgan fingerprint density at radius 3 is 2.24 bits per heavy atom. The van der Waals surface area contributed by atoms with Gasteiger partial charge in [0.15, 0.2) is 0 Å². The van der Waals surface area contributed by atoms with E-state index in [9.17, 15) is 9.59 Å². The molecule has 0 atom stereocenters. The Hall–Kier alpha value is -2.69. The van der Waals surface area contributed by atoms with Crippen LogP contribution in [0.1, 0.15) is 53.6 Å². The predicted molar refractivity (Wildman–Crippen MR) is 112 cm³/mol. The van der Waals surface area contributed by atoms with Crippen LogP contribution >= 0.6 is 0 Å². The van der Waals surface area contributed by atoms with E-state index in [0.717, 1.165) is 57.2 Å². The zero-order valence-electron chi connectivity index (χ0n) is 16.8. The van der Waals surface area contributed by atoms with Crippen LogP contribution in [0.5, 0.6) is 0 Å². The molecule has 5 nitrogen and oxygen atoms in total. The summed E-state index contributed by atoms with van der Waals surface area (Å²) in [6.07, 6.45) is 10.1. The largest absolute Gasteiger partial charge is 0.353 e. The molecular formula is C24H29N3O2. The van der Waals surface area contributed by atoms with Crippen molar-refractivity contribution in [3.8, 4) is 0 Å². The van der Waals surface area contributed by atoms with Gasteiger partial charge in [0.1, 0.15) is 0 Å². The topological polar surface area (TPSA) is 62.3 Å². The fraction of sp³-hybridized carbons (Fsp3) is 0.458. The summed E-state index contributed by atoms with van der Waals surface area (Å²) in [5, 5.41) is 3.04. The number of aryl methyl sites for hydroxylation is 1. The van der Waals surface area contributed by atoms with Crippen LogP contribution in [-0.2, 0) is 17.6 Å². The smallest absolute Gasteiger partial charge is 0.253 e. The van der Waals surface area contributed by atoms with Crippen LogP contribution in [0, 0.1) is 5.92 Å². The highest BCUT2D eigenvalue weighted by molar-refractivity contribution is 5.94. The van der Waals surface area contributed by atoms with Gasteiger partial charge in [0.05, 0.1) is 0 Å². The predicted octanol–water partition coefficient (Wildman–Crippen LogP) is 3.39. The maximum Gasteiger partial charge on any atom is 0.253 e. The zero-order chi connectivity index (χ0) is 20.1. The van der Waals surface area contributed by atoms with Crippen molar-refractivity contribution in [3.63, 3.8) is 0 Å². The molecule has 2 aromatic rings. The molecule has 152 valence electrons. The van der Waals surface area contributed by atoms with Gasteiger partial charge in [-0.15, -0.1) is 0 Å². The first kappa shape index (κ1) is 19.6. The molecule has 1 saturated carbocycles. The average Bonchev–Trinajstić information content (AvgIpc) is 3.58. The molecule has 0 unspecified atom stereocenters. The van der Waals surface area contributed by atoms with Crippen molar-refractivity contribution >= 4 is 11.8 Å². The third kappa shape index (κ3) is 5.66. The van der Waals surface area contributed by atoms with E-state index in [1.807, 2.05) is 4.90 Å². The van der Waals surface area contributed by atoms with Crippen LogP contribution in [0.4, 0.5) is 0 Å². The maximum atomic E-state index is 12.5. The van der Waals surface area contributed by atoms with Crippen LogP contribution in [0.2, 0.25) is 0 Å². The summed E-state index contributed by atoms with van der Waals surface area (Å²) in [5.41, 5.74) is 3.28. The molecule has 2 aliphatic rings. The number of rotatable bonds is 7. The number of pyridine rings is 1. The number of likely N-dealkylation sites (tertiary alicyclic amines) is 1. The van der Waals surface area contributed by atoms with Crippen LogP contribution in [0.15, 0.2) is 48.8 Å². The van der Waals surface area contributed by atoms with Crippen molar-refractivity contribution in [1.82, 2.24) is 15.2 Å². The summed E-state index contributed by atoms with van der Waals surface area (Å²) in [6.45, 7) is 1.64. The number of benzene rings is 1. The normalized spacial score (nSPS) is 17.2. The lowest BCUT2D eigenvalue weighted by molar-refractivity contribution is -0.121. The number of hydrogen-bond acceptors (Lipinski definition) is 3. The van der Waals surface area contributed by atoms with Crippen molar-refractivity contribution in [1.29, 1.82) is 0 Å². The first-order valence-corrected chi connectivity index (χ1v) is 10.7. The van der Waals surface area contributed by atoms with Crippen molar-refractivity contribution < 1.29 is 9.59 Å². The Kier molecular flexibility index (Phi) is 6.23. The van der Waals surface area contributed by atoms with E-state index in [-0.39, 0.29) is 11.8 Å². The fourth-order valence-electron chi connectivity index (χ4n) is 3.98. The van der Waals surface area contributed by atoms with Crippen molar-refractivity contribution in [3.05, 3.63) is 65.5 Å². The second kappa shape index (κ2) is 9.21. The SMILES string of the molecule is O=C(CCc1ccc(CC2CCN(C(=O)c3ccncc3)CC2)cc1)NC1CC1. The first-order valence-electron chi connectivity index (χ1n) is 10.7. The number of hydrogen-bond donors (Lipinski definition) is 1. The van der Waals surface area contributed by atoms with Gasteiger partial charge in [0, 0.05) is 43.5 Å². The summed E-state index contributed by atoms with van der Waals surface area (Å²) in [4.78, 5) is 30.3. The summed E-state index contributed by atoms with van der Waals surface area (Å²) >= 11 is 0. The van der Waals surface area contributed by atoms with Crippen LogP contribution in [-0.4, -0.2) is 40.8 Å². The van der Waals surface area contributed by atoms with E-state index in [1.165, 1.54) is 11.1 Å². The lowest BCUT2D eigenvalue weighted by Crippen LogP contribution is -2.38. The van der Waals surface area contributed by atoms with E-state index in [2.05, 4.69) is 34.6 Å². The quantitative estimate of drug-likeness (QED) is 0.787. The highest BCUT2D eigenvalue weighted by atomic mass is 16.2. The molecule has 4 rings (SSSR count). The number of carbonyl (C=O) groups excluding carboxylic acids is 2. The molecule has 2 fully saturated rings. The van der Waals surface area contributed by atoms with Crippen LogP contribution in [0.25, 0.3) is 0 Å². The van der Waals surface area contributed by atoms with E-state index in [1.54, 1.807) is 24.5 Å². The molecule has 1 saturated heterocycles. The highest BCUT2D eigenvalue weighted by Crippen LogP contribution is 2.23. The standard InChI is InChI=1S/C24H29N3O2/c28-23(26-22-6-7-22)8-5-18-1-3-19(4-2-18)17-20-11-15-27(16-12-20)24(29)21-9-13-25-14-10-21/h1-4,9-10,13-14,20,22H,5-8,11-12,15-17H2,(H,26,28). The third-order valence-electron chi connectivity index (χ3n) is 5.96. The number of piperidine rings is 1. The van der Waals surface area contributed by atoms with E-state index < -0.39 is 0 Å². The Morgan fingerprint density at radius 1 is 0.931 bits per heavy atom. The summed E-state index contributed by atoms with van der Waals surface area (Å²) in [6, 6.07) is 12.7. The molecular weight excluding hydrogens is 362 g/mol. The van der Waals surface area contributed by atoms with Gasteiger partial charge < -0.3 is 10.2 Å². The van der Waals surface area contributed by atoms with E-state index in [0.29, 0.717) is 18.4 Å². The monoisotopic (exact) mass is 391 g/mol. The van der Waals surface area contributed by atoms with Crippen LogP contribution in [0.3, 0.4) is 0 Å². The molecule has 5 heteroatoms. The van der Waals surface area contributed by atoms with Gasteiger partial charge in [-0.25, -0.2) is 0 Å². The van der Waals surface area contributed by atoms with Gasteiger partial charge in [-0.1, -0.05) is 24.3 Å². The minimum atomic E-state index is 0.112. The van der Waals surface area contributed by atoms with Gasteiger partial charge in [-0.2, -0.15) is 0 Å². The molecule has 0 bridgehead atoms. The first-order chi connectivity index (χ1) is 14.2. The molecule has 2 heterocycles. The summed E-state index contributed by atoms with van der Waals surface area (Å²) in [5.74, 6) is 0.900. The van der Waals surface area contributed by atoms with Crippen molar-refractivity contribution in [2.45, 2.75) is 51.0 Å². The Labute approximate surface area is 172 Å². The lowest BCUT2D eigenvalue weighted by atomic mass is 9.89. The molecule has 1 aliphatic heterocycles. The molecule has 0 radical (unpaired) electrons. The molecule has 1 aliphatic carbocycles. The molecule has 2 amide bonds. The molecule has 1 aromatic heterocycles. The van der Waals surface area contributed by atoms with Crippen molar-refractivity contribution in [2.75, 3.05) is 13.1 Å². The Bertz CT molecular complexity index is 823. The lowest BCUT2D eigenvalue weighted by Gasteiger charge is -2.32. The Morgan fingerprint density at radius 2 is 1.59 bits per heavy atom. The average molecular weight is 392 g/mol. The third-order valence-corrected chi connectivity index (χ3v) is 5.96. The number of nitrogens with zero attached hydrogens (tertiary/aromatic N) is 2. The van der Waals surface area contributed by atoms with Crippen LogP contribution < -0.4 is 5.32 Å². The number of nitrogens with one attached hydrogen (secondary N) is 1. The fourth-order valence-corrected chi connectivity index (χ4v) is 3.98. The summed E-state index contributed by atoms with van der Waals surface area (Å²) < 4.78 is 0. The highest BCUT2D eigenvalue weighted by Gasteiger charge is 2.24. The summed E-state index contributed by atoms with van der Waals surface area (Å²) in [7, 11) is 0. The zero-order valence-corrected chi connectivity index (χ0v) is 16.8. The van der Waals surface area contributed by atoms with Gasteiger partial charge in [0.2, 0.25) is 5.91 Å². The second-order valence-electron chi connectivity index (χ2n) is 8.33. The van der Waals surface area contributed by atoms with Gasteiger partial charge >= 0.3 is 0 Å². The number of carbonyl (C=O) groups is 2. The maximum absolute atomic E-state index is 12.5. The minimum Gasteiger partial charge on any atom is -0.353 e. The Balaban J connectivity index is 1.21. The molecule has 1 aromatic carbocycles. The van der Waals surface area contributed by atoms with E-state index in [4.69, 9.17) is 0 Å². The molecule has 29 heavy (non-hydrogen) atoms. The second-order valence-corrected chi connectivity index (χ2v) is 8.33. The van der Waals surface area contributed by atoms with Gasteiger partial charge in [0.25, 0.3) is 5.91 Å². The number of aromatic nitrogens is 1. The molecule has 1 N–H and O–H groups in total. The molecule has 0 spiro atoms. The van der Waals surface area contributed by atoms with Gasteiger partial charge in [-0.3, -0.25) is 14.6 Å². The minimum absolute atomic E-state index is 0.112. The van der Waals surface area contributed by atoms with E-state index >= 15 is 0 Å². The number of amides is 2.